The van der Waals surface area contributed by atoms with Gasteiger partial charge in [-0.05, 0) is 94.0 Å². The molecule has 0 heterocycles. The summed E-state index contributed by atoms with van der Waals surface area (Å²) in [7, 11) is -2.56. The number of hydrogen-bond donors (Lipinski definition) is 2. The number of hydrogen-bond acceptors (Lipinski definition) is 7. The number of rotatable bonds is 14. The zero-order valence-electron chi connectivity index (χ0n) is 28.0. The van der Waals surface area contributed by atoms with E-state index in [9.17, 15) is 22.8 Å². The van der Waals surface area contributed by atoms with E-state index in [4.69, 9.17) is 9.47 Å². The predicted octanol–water partition coefficient (Wildman–Crippen LogP) is 6.98. The van der Waals surface area contributed by atoms with Crippen LogP contribution in [0.3, 0.4) is 0 Å². The Labute approximate surface area is 278 Å². The molecule has 3 aromatic rings. The highest BCUT2D eigenvalue weighted by Gasteiger charge is 2.30. The van der Waals surface area contributed by atoms with Crippen molar-refractivity contribution in [1.29, 1.82) is 0 Å². The van der Waals surface area contributed by atoms with Crippen LogP contribution in [0.15, 0.2) is 78.9 Å². The van der Waals surface area contributed by atoms with Crippen LogP contribution in [-0.2, 0) is 21.2 Å². The summed E-state index contributed by atoms with van der Waals surface area (Å²) in [6, 6.07) is 21.5. The fourth-order valence-electron chi connectivity index (χ4n) is 4.56. The number of imide groups is 1. The first-order valence-electron chi connectivity index (χ1n) is 15.5. The smallest absolute Gasteiger partial charge is 0.412 e. The lowest BCUT2D eigenvalue weighted by Crippen LogP contribution is -2.49. The summed E-state index contributed by atoms with van der Waals surface area (Å²) in [5.74, 6) is -0.559. The molecule has 3 aromatic carbocycles. The number of carbonyl (C=O) groups excluding carboxylic acids is 3. The molecule has 0 fully saturated rings. The molecule has 47 heavy (non-hydrogen) atoms. The molecule has 0 radical (unpaired) electrons. The summed E-state index contributed by atoms with van der Waals surface area (Å²) in [6.45, 7) is 9.32. The lowest BCUT2D eigenvalue weighted by molar-refractivity contribution is 0.0634. The minimum Gasteiger partial charge on any atom is -0.497 e. The largest absolute Gasteiger partial charge is 0.497 e. The molecule has 0 aliphatic carbocycles. The number of benzene rings is 3. The van der Waals surface area contributed by atoms with E-state index in [0.717, 1.165) is 10.5 Å². The number of methoxy groups -OCH3 is 1. The van der Waals surface area contributed by atoms with E-state index in [1.807, 2.05) is 44.2 Å². The van der Waals surface area contributed by atoms with E-state index in [-0.39, 0.29) is 24.6 Å². The number of nitrogens with zero attached hydrogens (tertiary/aromatic N) is 2. The average Bonchev–Trinajstić information content (AvgIpc) is 3.00. The molecule has 2 N–H and O–H groups in total. The molecule has 0 aliphatic heterocycles. The number of aryl methyl sites for hydroxylation is 1. The third-order valence-corrected chi connectivity index (χ3v) is 8.06. The predicted molar refractivity (Wildman–Crippen MR) is 184 cm³/mol. The molecule has 12 heteroatoms. The fourth-order valence-corrected chi connectivity index (χ4v) is 5.77. The van der Waals surface area contributed by atoms with Gasteiger partial charge < -0.3 is 14.4 Å². The molecule has 0 aromatic heterocycles. The van der Waals surface area contributed by atoms with Crippen molar-refractivity contribution in [3.63, 3.8) is 0 Å². The molecular formula is C35H46N4O7S. The maximum Gasteiger partial charge on any atom is 0.412 e. The van der Waals surface area contributed by atoms with Crippen LogP contribution in [0, 0.1) is 5.92 Å². The van der Waals surface area contributed by atoms with Gasteiger partial charge in [0.15, 0.2) is 0 Å². The molecule has 0 unspecified atom stereocenters. The number of amides is 4. The first kappa shape index (κ1) is 36.9. The van der Waals surface area contributed by atoms with Gasteiger partial charge in [0, 0.05) is 30.0 Å². The zero-order chi connectivity index (χ0) is 34.6. The lowest BCUT2D eigenvalue weighted by Gasteiger charge is -2.30. The second-order valence-electron chi connectivity index (χ2n) is 12.6. The van der Waals surface area contributed by atoms with Gasteiger partial charge in [-0.25, -0.2) is 18.0 Å². The normalized spacial score (nSPS) is 11.5. The van der Waals surface area contributed by atoms with Crippen LogP contribution >= 0.6 is 0 Å². The van der Waals surface area contributed by atoms with Gasteiger partial charge in [0.05, 0.1) is 7.11 Å². The minimum atomic E-state index is -4.07. The summed E-state index contributed by atoms with van der Waals surface area (Å²) in [6.07, 6.45) is 0.890. The van der Waals surface area contributed by atoms with Crippen LogP contribution in [0.5, 0.6) is 5.75 Å². The maximum atomic E-state index is 14.2. The number of urea groups is 1. The van der Waals surface area contributed by atoms with Crippen LogP contribution < -0.4 is 14.8 Å². The zero-order valence-corrected chi connectivity index (χ0v) is 28.8. The van der Waals surface area contributed by atoms with Crippen molar-refractivity contribution in [2.75, 3.05) is 36.1 Å². The van der Waals surface area contributed by atoms with Crippen molar-refractivity contribution in [3.8, 4) is 5.75 Å². The van der Waals surface area contributed by atoms with Gasteiger partial charge >= 0.3 is 12.1 Å². The molecule has 0 atom stereocenters. The molecule has 254 valence electrons. The summed E-state index contributed by atoms with van der Waals surface area (Å²) in [4.78, 5) is 42.7. The van der Waals surface area contributed by atoms with E-state index in [1.165, 1.54) is 18.1 Å². The second kappa shape index (κ2) is 16.8. The fraction of sp³-hybridized carbons (Fsp3) is 0.400. The van der Waals surface area contributed by atoms with Gasteiger partial charge in [0.1, 0.15) is 17.2 Å². The van der Waals surface area contributed by atoms with Crippen molar-refractivity contribution in [1.82, 2.24) is 9.80 Å². The van der Waals surface area contributed by atoms with Crippen molar-refractivity contribution >= 4 is 39.4 Å². The second-order valence-corrected chi connectivity index (χ2v) is 14.2. The summed E-state index contributed by atoms with van der Waals surface area (Å²) < 4.78 is 39.8. The van der Waals surface area contributed by atoms with E-state index >= 15 is 0 Å². The van der Waals surface area contributed by atoms with Gasteiger partial charge in [-0.2, -0.15) is 0 Å². The Bertz CT molecular complexity index is 1590. The SMILES string of the molecule is COc1ccc(NS(=O)(=O)CN(CCCc2ccccc2)C(=O)N(CCC(C)C)C(=O)c2cccc(NC(=O)OC(C)(C)C)c2)cc1. The number of ether oxygens (including phenoxy) is 2. The summed E-state index contributed by atoms with van der Waals surface area (Å²) in [5.41, 5.74) is 1.10. The Kier molecular flexibility index (Phi) is 13.2. The average molecular weight is 667 g/mol. The maximum absolute atomic E-state index is 14.2. The lowest BCUT2D eigenvalue weighted by atomic mass is 10.1. The molecule has 4 amide bonds. The van der Waals surface area contributed by atoms with Crippen molar-refractivity contribution in [2.45, 2.75) is 59.5 Å². The minimum absolute atomic E-state index is 0.0696. The number of carbonyl (C=O) groups is 3. The molecule has 11 nitrogen and oxygen atoms in total. The van der Waals surface area contributed by atoms with Crippen molar-refractivity contribution in [3.05, 3.63) is 90.0 Å². The summed E-state index contributed by atoms with van der Waals surface area (Å²) >= 11 is 0. The van der Waals surface area contributed by atoms with Gasteiger partial charge in [0.25, 0.3) is 15.9 Å². The highest BCUT2D eigenvalue weighted by molar-refractivity contribution is 7.92. The van der Waals surface area contributed by atoms with E-state index in [0.29, 0.717) is 36.4 Å². The number of nitrogens with one attached hydrogen (secondary N) is 2. The molecule has 0 saturated heterocycles. The van der Waals surface area contributed by atoms with Crippen LogP contribution in [-0.4, -0.2) is 67.9 Å². The third-order valence-electron chi connectivity index (χ3n) is 6.86. The van der Waals surface area contributed by atoms with Crippen molar-refractivity contribution in [2.24, 2.45) is 5.92 Å². The Hall–Kier alpha value is -4.58. The highest BCUT2D eigenvalue weighted by Crippen LogP contribution is 2.20. The van der Waals surface area contributed by atoms with E-state index in [2.05, 4.69) is 10.0 Å². The Balaban J connectivity index is 1.89. The topological polar surface area (TPSA) is 134 Å². The molecule has 3 rings (SSSR count). The van der Waals surface area contributed by atoms with Crippen LogP contribution in [0.4, 0.5) is 21.0 Å². The number of sulfonamides is 1. The Morgan fingerprint density at radius 1 is 0.872 bits per heavy atom. The quantitative estimate of drug-likeness (QED) is 0.190. The van der Waals surface area contributed by atoms with Gasteiger partial charge in [0.2, 0.25) is 0 Å². The van der Waals surface area contributed by atoms with E-state index in [1.54, 1.807) is 63.2 Å². The van der Waals surface area contributed by atoms with Gasteiger partial charge in [-0.15, -0.1) is 0 Å². The van der Waals surface area contributed by atoms with Gasteiger partial charge in [-0.1, -0.05) is 50.2 Å². The standard InChI is InChI=1S/C35H46N4O7S/c1-26(2)21-23-39(32(40)28-15-10-16-30(24-28)36-33(41)46-35(3,4)5)34(42)38(22-11-14-27-12-8-7-9-13-27)25-47(43,44)37-29-17-19-31(45-6)20-18-29/h7-10,12-13,15-20,24,26,37H,11,14,21-23,25H2,1-6H3,(H,36,41). The monoisotopic (exact) mass is 666 g/mol. The Morgan fingerprint density at radius 3 is 2.17 bits per heavy atom. The van der Waals surface area contributed by atoms with Crippen LogP contribution in [0.1, 0.15) is 63.4 Å². The highest BCUT2D eigenvalue weighted by atomic mass is 32.2. The van der Waals surface area contributed by atoms with Crippen molar-refractivity contribution < 1.29 is 32.3 Å². The Morgan fingerprint density at radius 2 is 1.55 bits per heavy atom. The van der Waals surface area contributed by atoms with Crippen LogP contribution in [0.25, 0.3) is 0 Å². The first-order chi connectivity index (χ1) is 22.2. The molecule has 0 aliphatic rings. The van der Waals surface area contributed by atoms with Crippen LogP contribution in [0.2, 0.25) is 0 Å². The molecule has 0 saturated carbocycles. The van der Waals surface area contributed by atoms with Gasteiger partial charge in [-0.3, -0.25) is 19.7 Å². The molecule has 0 spiro atoms. The molecular weight excluding hydrogens is 620 g/mol. The number of anilines is 2. The molecule has 0 bridgehead atoms. The summed E-state index contributed by atoms with van der Waals surface area (Å²) in [5, 5.41) is 2.62. The van der Waals surface area contributed by atoms with E-state index < -0.39 is 39.5 Å². The third kappa shape index (κ3) is 12.6. The first-order valence-corrected chi connectivity index (χ1v) is 17.2.